The molecule has 116 valence electrons. The Balaban J connectivity index is 1.92. The number of carbonyl (C=O) groups excluding carboxylic acids is 1. The first-order chi connectivity index (χ1) is 10.1. The molecule has 0 aliphatic heterocycles. The minimum Gasteiger partial charge on any atom is -0.385 e. The molecule has 3 nitrogen and oxygen atoms in total. The predicted molar refractivity (Wildman–Crippen MR) is 88.9 cm³/mol. The van der Waals surface area contributed by atoms with E-state index in [1.54, 1.807) is 19.0 Å². The quantitative estimate of drug-likeness (QED) is 0.885. The second kappa shape index (κ2) is 7.48. The predicted octanol–water partition coefficient (Wildman–Crippen LogP) is 4.08. The molecule has 0 radical (unpaired) electrons. The van der Waals surface area contributed by atoms with Crippen molar-refractivity contribution in [3.8, 4) is 0 Å². The summed E-state index contributed by atoms with van der Waals surface area (Å²) in [7, 11) is 3.58. The summed E-state index contributed by atoms with van der Waals surface area (Å²) in [6.45, 7) is 3.10. The Morgan fingerprint density at radius 3 is 2.62 bits per heavy atom. The zero-order valence-corrected chi connectivity index (χ0v) is 13.6. The van der Waals surface area contributed by atoms with Crippen molar-refractivity contribution in [2.45, 2.75) is 45.4 Å². The van der Waals surface area contributed by atoms with E-state index in [1.807, 2.05) is 18.2 Å². The molecule has 1 fully saturated rings. The third kappa shape index (κ3) is 4.48. The van der Waals surface area contributed by atoms with Crippen LogP contribution in [0.3, 0.4) is 0 Å². The monoisotopic (exact) mass is 288 g/mol. The summed E-state index contributed by atoms with van der Waals surface area (Å²) in [4.78, 5) is 13.6. The summed E-state index contributed by atoms with van der Waals surface area (Å²) >= 11 is 0. The molecule has 0 spiro atoms. The van der Waals surface area contributed by atoms with E-state index < -0.39 is 0 Å². The van der Waals surface area contributed by atoms with Gasteiger partial charge in [0.05, 0.1) is 0 Å². The molecule has 0 saturated heterocycles. The van der Waals surface area contributed by atoms with Gasteiger partial charge in [-0.3, -0.25) is 4.79 Å². The molecule has 21 heavy (non-hydrogen) atoms. The Labute approximate surface area is 128 Å². The fraction of sp³-hybridized carbons (Fsp3) is 0.611. The summed E-state index contributed by atoms with van der Waals surface area (Å²) in [6, 6.07) is 5.92. The zero-order valence-electron chi connectivity index (χ0n) is 13.6. The van der Waals surface area contributed by atoms with Crippen LogP contribution in [0.1, 0.15) is 54.4 Å². The number of aryl methyl sites for hydroxylation is 1. The number of nitrogens with zero attached hydrogens (tertiary/aromatic N) is 1. The number of hydrogen-bond donors (Lipinski definition) is 1. The standard InChI is InChI=1S/C18H28N2O/c1-14-9-10-16(18(21)20(2)3)13-17(14)19-12-11-15-7-5-4-6-8-15/h9-10,13,15,19H,4-8,11-12H2,1-3H3. The van der Waals surface area contributed by atoms with E-state index in [4.69, 9.17) is 0 Å². The molecular formula is C18H28N2O. The van der Waals surface area contributed by atoms with Crippen LogP contribution in [0.2, 0.25) is 0 Å². The molecule has 1 aliphatic rings. The average Bonchev–Trinajstić information content (AvgIpc) is 2.49. The van der Waals surface area contributed by atoms with Gasteiger partial charge >= 0.3 is 0 Å². The van der Waals surface area contributed by atoms with Crippen LogP contribution in [0, 0.1) is 12.8 Å². The minimum atomic E-state index is 0.0605. The van der Waals surface area contributed by atoms with Crippen LogP contribution in [0.25, 0.3) is 0 Å². The van der Waals surface area contributed by atoms with E-state index in [0.717, 1.165) is 23.7 Å². The van der Waals surface area contributed by atoms with Gasteiger partial charge in [0.25, 0.3) is 5.91 Å². The van der Waals surface area contributed by atoms with E-state index >= 15 is 0 Å². The topological polar surface area (TPSA) is 32.3 Å². The van der Waals surface area contributed by atoms with Gasteiger partial charge in [-0.05, 0) is 37.0 Å². The van der Waals surface area contributed by atoms with E-state index in [1.165, 1.54) is 44.1 Å². The molecule has 1 N–H and O–H groups in total. The van der Waals surface area contributed by atoms with Crippen LogP contribution in [-0.4, -0.2) is 31.4 Å². The van der Waals surface area contributed by atoms with E-state index in [2.05, 4.69) is 12.2 Å². The normalized spacial score (nSPS) is 15.8. The fourth-order valence-electron chi connectivity index (χ4n) is 3.09. The first kappa shape index (κ1) is 15.9. The maximum atomic E-state index is 12.0. The molecule has 3 heteroatoms. The fourth-order valence-corrected chi connectivity index (χ4v) is 3.09. The lowest BCUT2D eigenvalue weighted by molar-refractivity contribution is 0.0827. The summed E-state index contributed by atoms with van der Waals surface area (Å²) in [5.74, 6) is 0.948. The highest BCUT2D eigenvalue weighted by molar-refractivity contribution is 5.95. The smallest absolute Gasteiger partial charge is 0.253 e. The number of amides is 1. The van der Waals surface area contributed by atoms with Gasteiger partial charge in [0, 0.05) is 31.9 Å². The summed E-state index contributed by atoms with van der Waals surface area (Å²) in [6.07, 6.45) is 8.23. The molecule has 2 rings (SSSR count). The highest BCUT2D eigenvalue weighted by Crippen LogP contribution is 2.26. The van der Waals surface area contributed by atoms with Crippen molar-refractivity contribution in [1.82, 2.24) is 4.90 Å². The van der Waals surface area contributed by atoms with Crippen LogP contribution >= 0.6 is 0 Å². The number of carbonyl (C=O) groups is 1. The summed E-state index contributed by atoms with van der Waals surface area (Å²) in [5.41, 5.74) is 3.05. The maximum Gasteiger partial charge on any atom is 0.253 e. The Hall–Kier alpha value is -1.51. The van der Waals surface area contributed by atoms with Gasteiger partial charge in [-0.2, -0.15) is 0 Å². The number of nitrogens with one attached hydrogen (secondary N) is 1. The first-order valence-corrected chi connectivity index (χ1v) is 8.14. The van der Waals surface area contributed by atoms with Gasteiger partial charge in [0.15, 0.2) is 0 Å². The van der Waals surface area contributed by atoms with E-state index in [9.17, 15) is 4.79 Å². The molecular weight excluding hydrogens is 260 g/mol. The van der Waals surface area contributed by atoms with Gasteiger partial charge < -0.3 is 10.2 Å². The number of benzene rings is 1. The highest BCUT2D eigenvalue weighted by atomic mass is 16.2. The van der Waals surface area contributed by atoms with Gasteiger partial charge in [-0.15, -0.1) is 0 Å². The minimum absolute atomic E-state index is 0.0605. The first-order valence-electron chi connectivity index (χ1n) is 8.14. The van der Waals surface area contributed by atoms with E-state index in [-0.39, 0.29) is 5.91 Å². The number of hydrogen-bond acceptors (Lipinski definition) is 2. The Bertz CT molecular complexity index is 476. The molecule has 0 heterocycles. The molecule has 0 atom stereocenters. The third-order valence-electron chi connectivity index (χ3n) is 4.48. The second-order valence-corrected chi connectivity index (χ2v) is 6.45. The molecule has 1 amide bonds. The van der Waals surface area contributed by atoms with Crippen molar-refractivity contribution in [2.24, 2.45) is 5.92 Å². The number of rotatable bonds is 5. The lowest BCUT2D eigenvalue weighted by Gasteiger charge is -2.22. The van der Waals surface area contributed by atoms with Crippen LogP contribution in [0.5, 0.6) is 0 Å². The average molecular weight is 288 g/mol. The van der Waals surface area contributed by atoms with Gasteiger partial charge in [0.1, 0.15) is 0 Å². The molecule has 1 aromatic carbocycles. The molecule has 0 unspecified atom stereocenters. The Kier molecular flexibility index (Phi) is 5.66. The van der Waals surface area contributed by atoms with Gasteiger partial charge in [-0.1, -0.05) is 38.2 Å². The lowest BCUT2D eigenvalue weighted by Crippen LogP contribution is -2.22. The zero-order chi connectivity index (χ0) is 15.2. The second-order valence-electron chi connectivity index (χ2n) is 6.45. The van der Waals surface area contributed by atoms with Crippen molar-refractivity contribution in [3.05, 3.63) is 29.3 Å². The van der Waals surface area contributed by atoms with Crippen molar-refractivity contribution in [2.75, 3.05) is 26.0 Å². The van der Waals surface area contributed by atoms with E-state index in [0.29, 0.717) is 0 Å². The number of anilines is 1. The summed E-state index contributed by atoms with van der Waals surface area (Å²) in [5, 5.41) is 3.52. The molecule has 1 aliphatic carbocycles. The van der Waals surface area contributed by atoms with Crippen LogP contribution < -0.4 is 5.32 Å². The molecule has 0 bridgehead atoms. The maximum absolute atomic E-state index is 12.0. The molecule has 0 aromatic heterocycles. The van der Waals surface area contributed by atoms with Crippen LogP contribution in [0.15, 0.2) is 18.2 Å². The highest BCUT2D eigenvalue weighted by Gasteiger charge is 2.13. The Morgan fingerprint density at radius 1 is 1.24 bits per heavy atom. The molecule has 1 saturated carbocycles. The Morgan fingerprint density at radius 2 is 1.95 bits per heavy atom. The van der Waals surface area contributed by atoms with Crippen molar-refractivity contribution in [3.63, 3.8) is 0 Å². The van der Waals surface area contributed by atoms with Crippen molar-refractivity contribution in [1.29, 1.82) is 0 Å². The van der Waals surface area contributed by atoms with Crippen molar-refractivity contribution >= 4 is 11.6 Å². The van der Waals surface area contributed by atoms with Crippen molar-refractivity contribution < 1.29 is 4.79 Å². The van der Waals surface area contributed by atoms with Gasteiger partial charge in [-0.25, -0.2) is 0 Å². The summed E-state index contributed by atoms with van der Waals surface area (Å²) < 4.78 is 0. The molecule has 1 aromatic rings. The largest absolute Gasteiger partial charge is 0.385 e. The van der Waals surface area contributed by atoms with Crippen LogP contribution in [0.4, 0.5) is 5.69 Å². The lowest BCUT2D eigenvalue weighted by atomic mass is 9.87. The third-order valence-corrected chi connectivity index (χ3v) is 4.48. The SMILES string of the molecule is Cc1ccc(C(=O)N(C)C)cc1NCCC1CCCCC1. The van der Waals surface area contributed by atoms with Gasteiger partial charge in [0.2, 0.25) is 0 Å². The van der Waals surface area contributed by atoms with Crippen LogP contribution in [-0.2, 0) is 0 Å².